The third kappa shape index (κ3) is 3.50. The molecule has 5 rings (SSSR count). The molecule has 0 aliphatic carbocycles. The lowest BCUT2D eigenvalue weighted by Gasteiger charge is -2.41. The number of morpholine rings is 1. The Morgan fingerprint density at radius 2 is 1.97 bits per heavy atom. The topological polar surface area (TPSA) is 48.6 Å². The van der Waals surface area contributed by atoms with Crippen molar-refractivity contribution in [3.8, 4) is 0 Å². The Morgan fingerprint density at radius 1 is 1.19 bits per heavy atom. The molecular weight excluding hydrogens is 410 g/mol. The first-order valence-corrected chi connectivity index (χ1v) is 11.5. The Bertz CT molecular complexity index is 1120. The number of anilines is 1. The van der Waals surface area contributed by atoms with E-state index in [4.69, 9.17) is 16.3 Å². The van der Waals surface area contributed by atoms with Crippen LogP contribution in [0.5, 0.6) is 0 Å². The molecule has 2 atom stereocenters. The molecule has 0 bridgehead atoms. The van der Waals surface area contributed by atoms with Crippen LogP contribution in [0.2, 0.25) is 0 Å². The van der Waals surface area contributed by atoms with Gasteiger partial charge in [0.25, 0.3) is 0 Å². The van der Waals surface area contributed by atoms with Gasteiger partial charge in [-0.2, -0.15) is 0 Å². The number of H-pyrrole nitrogens is 1. The van der Waals surface area contributed by atoms with Crippen LogP contribution >= 0.6 is 11.6 Å². The number of alkyl halides is 1. The van der Waals surface area contributed by atoms with Gasteiger partial charge in [-0.3, -0.25) is 4.79 Å². The zero-order chi connectivity index (χ0) is 21.5. The van der Waals surface area contributed by atoms with E-state index in [1.165, 1.54) is 22.2 Å². The van der Waals surface area contributed by atoms with Crippen LogP contribution in [0.25, 0.3) is 10.9 Å². The maximum atomic E-state index is 13.0. The Hall–Kier alpha value is -2.50. The molecule has 1 N–H and O–H groups in total. The molecule has 2 aromatic carbocycles. The summed E-state index contributed by atoms with van der Waals surface area (Å²) in [4.78, 5) is 20.9. The molecule has 1 saturated heterocycles. The summed E-state index contributed by atoms with van der Waals surface area (Å²) in [6.07, 6.45) is 0.823. The van der Waals surface area contributed by atoms with Crippen molar-refractivity contribution in [2.75, 3.05) is 37.1 Å². The van der Waals surface area contributed by atoms with Crippen LogP contribution in [-0.2, 0) is 16.0 Å². The number of nitrogens with one attached hydrogen (secondary N) is 1. The van der Waals surface area contributed by atoms with Crippen LogP contribution in [0.15, 0.2) is 42.5 Å². The number of fused-ring (bicyclic) bond motifs is 3. The maximum absolute atomic E-state index is 13.0. The number of hydrogen-bond acceptors (Lipinski definition) is 3. The smallest absolute Gasteiger partial charge is 0.238 e. The van der Waals surface area contributed by atoms with E-state index in [0.29, 0.717) is 0 Å². The summed E-state index contributed by atoms with van der Waals surface area (Å²) in [5.41, 5.74) is 7.08. The second-order valence-corrected chi connectivity index (χ2v) is 8.86. The molecule has 162 valence electrons. The van der Waals surface area contributed by atoms with E-state index in [1.54, 1.807) is 0 Å². The van der Waals surface area contributed by atoms with Gasteiger partial charge in [-0.05, 0) is 55.2 Å². The summed E-state index contributed by atoms with van der Waals surface area (Å²) in [5.74, 6) is -0.0402. The second-order valence-electron chi connectivity index (χ2n) is 8.59. The minimum absolute atomic E-state index is 0.0126. The first-order valence-electron chi connectivity index (χ1n) is 11.0. The van der Waals surface area contributed by atoms with Crippen LogP contribution < -0.4 is 4.90 Å². The molecule has 31 heavy (non-hydrogen) atoms. The van der Waals surface area contributed by atoms with Crippen molar-refractivity contribution in [2.45, 2.75) is 32.4 Å². The highest BCUT2D eigenvalue weighted by atomic mass is 35.5. The van der Waals surface area contributed by atoms with Gasteiger partial charge >= 0.3 is 0 Å². The minimum atomic E-state index is -0.170. The standard InChI is InChI=1S/C25H28ClN3O2/c1-16-13-18(28-9-11-31-12-10-28)7-8-19(16)25-24-21(14-17(2)29(25)23(30)15-26)20-5-3-4-6-22(20)27-24/h3-8,13,17,25,27H,9-12,14-15H2,1-2H3/t17-,25+/m0/s1. The van der Waals surface area contributed by atoms with E-state index >= 15 is 0 Å². The fourth-order valence-electron chi connectivity index (χ4n) is 5.21. The summed E-state index contributed by atoms with van der Waals surface area (Å²) in [5, 5.41) is 1.25. The van der Waals surface area contributed by atoms with Crippen molar-refractivity contribution in [3.05, 3.63) is 64.8 Å². The summed E-state index contributed by atoms with van der Waals surface area (Å²) in [6, 6.07) is 14.9. The van der Waals surface area contributed by atoms with Crippen molar-refractivity contribution in [1.82, 2.24) is 9.88 Å². The number of halogens is 1. The number of aromatic nitrogens is 1. The predicted molar refractivity (Wildman–Crippen MR) is 125 cm³/mol. The Balaban J connectivity index is 1.63. The van der Waals surface area contributed by atoms with Gasteiger partial charge in [-0.1, -0.05) is 24.3 Å². The molecule has 6 heteroatoms. The molecule has 1 amide bonds. The van der Waals surface area contributed by atoms with Gasteiger partial charge in [-0.15, -0.1) is 11.6 Å². The number of ether oxygens (including phenoxy) is 1. The number of rotatable bonds is 3. The highest BCUT2D eigenvalue weighted by Gasteiger charge is 2.38. The Morgan fingerprint density at radius 3 is 2.71 bits per heavy atom. The van der Waals surface area contributed by atoms with E-state index in [9.17, 15) is 4.79 Å². The van der Waals surface area contributed by atoms with Crippen LogP contribution in [0.4, 0.5) is 5.69 Å². The third-order valence-corrected chi connectivity index (χ3v) is 6.93. The van der Waals surface area contributed by atoms with Crippen LogP contribution in [0.1, 0.15) is 35.3 Å². The molecule has 3 aromatic rings. The Kier molecular flexibility index (Phi) is 5.40. The number of hydrogen-bond donors (Lipinski definition) is 1. The van der Waals surface area contributed by atoms with Crippen molar-refractivity contribution < 1.29 is 9.53 Å². The third-order valence-electron chi connectivity index (χ3n) is 6.70. The second kappa shape index (κ2) is 8.21. The molecule has 0 spiro atoms. The molecule has 5 nitrogen and oxygen atoms in total. The summed E-state index contributed by atoms with van der Waals surface area (Å²) >= 11 is 6.06. The number of carbonyl (C=O) groups excluding carboxylic acids is 1. The van der Waals surface area contributed by atoms with Gasteiger partial charge in [-0.25, -0.2) is 0 Å². The zero-order valence-electron chi connectivity index (χ0n) is 18.0. The normalized spacial score (nSPS) is 21.4. The van der Waals surface area contributed by atoms with E-state index < -0.39 is 0 Å². The fourth-order valence-corrected chi connectivity index (χ4v) is 5.35. The molecule has 1 aromatic heterocycles. The average Bonchev–Trinajstić information content (AvgIpc) is 3.16. The van der Waals surface area contributed by atoms with E-state index in [2.05, 4.69) is 60.1 Å². The highest BCUT2D eigenvalue weighted by Crippen LogP contribution is 2.42. The van der Waals surface area contributed by atoms with Gasteiger partial charge < -0.3 is 19.5 Å². The van der Waals surface area contributed by atoms with E-state index in [-0.39, 0.29) is 23.9 Å². The van der Waals surface area contributed by atoms with Gasteiger partial charge in [0.05, 0.1) is 19.3 Å². The van der Waals surface area contributed by atoms with Crippen molar-refractivity contribution >= 4 is 34.1 Å². The minimum Gasteiger partial charge on any atom is -0.378 e. The van der Waals surface area contributed by atoms with E-state index in [0.717, 1.165) is 49.5 Å². The molecule has 2 aliphatic heterocycles. The summed E-state index contributed by atoms with van der Waals surface area (Å²) in [7, 11) is 0. The molecule has 3 heterocycles. The zero-order valence-corrected chi connectivity index (χ0v) is 18.8. The lowest BCUT2D eigenvalue weighted by atomic mass is 9.86. The molecule has 0 radical (unpaired) electrons. The quantitative estimate of drug-likeness (QED) is 0.617. The Labute approximate surface area is 187 Å². The SMILES string of the molecule is Cc1cc(N2CCOCC2)ccc1[C@@H]1c2[nH]c3ccccc3c2C[C@H](C)N1C(=O)CCl. The van der Waals surface area contributed by atoms with Crippen molar-refractivity contribution in [3.63, 3.8) is 0 Å². The lowest BCUT2D eigenvalue weighted by Crippen LogP contribution is -2.47. The number of para-hydroxylation sites is 1. The summed E-state index contributed by atoms with van der Waals surface area (Å²) in [6.45, 7) is 7.60. The van der Waals surface area contributed by atoms with Crippen LogP contribution in [-0.4, -0.2) is 54.0 Å². The molecule has 0 unspecified atom stereocenters. The number of aryl methyl sites for hydroxylation is 1. The molecule has 2 aliphatic rings. The van der Waals surface area contributed by atoms with Gasteiger partial charge in [0.2, 0.25) is 5.91 Å². The average molecular weight is 438 g/mol. The number of aromatic amines is 1. The first kappa shape index (κ1) is 20.4. The molecule has 0 saturated carbocycles. The number of carbonyl (C=O) groups is 1. The largest absolute Gasteiger partial charge is 0.378 e. The maximum Gasteiger partial charge on any atom is 0.238 e. The van der Waals surface area contributed by atoms with Gasteiger partial charge in [0.1, 0.15) is 5.88 Å². The molecular formula is C25H28ClN3O2. The summed E-state index contributed by atoms with van der Waals surface area (Å²) < 4.78 is 5.50. The number of nitrogens with zero attached hydrogens (tertiary/aromatic N) is 2. The van der Waals surface area contributed by atoms with Crippen molar-refractivity contribution in [1.29, 1.82) is 0 Å². The fraction of sp³-hybridized carbons (Fsp3) is 0.400. The van der Waals surface area contributed by atoms with Gasteiger partial charge in [0.15, 0.2) is 0 Å². The van der Waals surface area contributed by atoms with Gasteiger partial charge in [0, 0.05) is 41.4 Å². The lowest BCUT2D eigenvalue weighted by molar-refractivity contribution is -0.133. The number of benzene rings is 2. The number of amides is 1. The highest BCUT2D eigenvalue weighted by molar-refractivity contribution is 6.27. The van der Waals surface area contributed by atoms with Crippen molar-refractivity contribution in [2.24, 2.45) is 0 Å². The monoisotopic (exact) mass is 437 g/mol. The predicted octanol–water partition coefficient (Wildman–Crippen LogP) is 4.41. The van der Waals surface area contributed by atoms with Crippen LogP contribution in [0, 0.1) is 6.92 Å². The van der Waals surface area contributed by atoms with E-state index in [1.807, 2.05) is 11.0 Å². The first-order chi connectivity index (χ1) is 15.1. The van der Waals surface area contributed by atoms with Crippen LogP contribution in [0.3, 0.4) is 0 Å². The molecule has 1 fully saturated rings.